The molecule has 11 heteroatoms. The Labute approximate surface area is 290 Å². The maximum Gasteiger partial charge on any atom is 0.313 e. The van der Waals surface area contributed by atoms with Gasteiger partial charge in [-0.25, -0.2) is 0 Å². The Morgan fingerprint density at radius 2 is 1.79 bits per heavy atom. The maximum absolute atomic E-state index is 14.5. The van der Waals surface area contributed by atoms with Crippen LogP contribution in [0.2, 0.25) is 0 Å². The lowest BCUT2D eigenvalue weighted by Gasteiger charge is -2.37. The van der Waals surface area contributed by atoms with E-state index in [2.05, 4.69) is 29.1 Å². The monoisotopic (exact) mass is 721 g/mol. The first-order chi connectivity index (χ1) is 23.1. The maximum atomic E-state index is 14.5. The third-order valence-electron chi connectivity index (χ3n) is 9.89. The first-order valence-corrected chi connectivity index (χ1v) is 17.3. The summed E-state index contributed by atoms with van der Waals surface area (Å²) < 4.78 is 12.9. The summed E-state index contributed by atoms with van der Waals surface area (Å²) >= 11 is 3.70. The van der Waals surface area contributed by atoms with Gasteiger partial charge in [0, 0.05) is 37.9 Å². The van der Waals surface area contributed by atoms with Gasteiger partial charge in [0.25, 0.3) is 0 Å². The minimum atomic E-state index is -1.31. The number of alkyl halides is 1. The molecule has 0 saturated carbocycles. The molecular weight excluding hydrogens is 678 g/mol. The van der Waals surface area contributed by atoms with Crippen molar-refractivity contribution >= 4 is 39.6 Å². The van der Waals surface area contributed by atoms with Crippen molar-refractivity contribution in [1.29, 1.82) is 0 Å². The molecule has 1 N–H and O–H groups in total. The normalized spacial score (nSPS) is 26.8. The first kappa shape index (κ1) is 35.5. The Bertz CT molecular complexity index is 1510. The number of likely N-dealkylation sites (N-methyl/N-ethyl adjacent to an activating group) is 1. The van der Waals surface area contributed by atoms with E-state index in [-0.39, 0.29) is 49.3 Å². The number of aliphatic hydroxyl groups is 1. The van der Waals surface area contributed by atoms with Crippen LogP contribution in [0.5, 0.6) is 0 Å². The molecule has 48 heavy (non-hydrogen) atoms. The zero-order chi connectivity index (χ0) is 34.6. The van der Waals surface area contributed by atoms with Crippen LogP contribution in [0.1, 0.15) is 43.4 Å². The molecule has 0 radical (unpaired) electrons. The van der Waals surface area contributed by atoms with E-state index in [1.165, 1.54) is 4.90 Å². The molecule has 2 bridgehead atoms. The molecule has 1 unspecified atom stereocenters. The van der Waals surface area contributed by atoms with Gasteiger partial charge in [0.1, 0.15) is 17.7 Å². The van der Waals surface area contributed by atoms with E-state index in [0.717, 1.165) is 5.56 Å². The molecule has 10 nitrogen and oxygen atoms in total. The van der Waals surface area contributed by atoms with Crippen LogP contribution in [0.3, 0.4) is 0 Å². The molecule has 5 rings (SSSR count). The second-order valence-corrected chi connectivity index (χ2v) is 13.9. The van der Waals surface area contributed by atoms with Crippen LogP contribution in [-0.2, 0) is 35.2 Å². The number of carbonyl (C=O) groups is 4. The summed E-state index contributed by atoms with van der Waals surface area (Å²) in [6.07, 6.45) is 2.87. The predicted octanol–water partition coefficient (Wildman–Crippen LogP) is 4.04. The minimum Gasteiger partial charge on any atom is -0.455 e. The number of fused-ring (bicyclic) bond motifs is 1. The molecule has 3 heterocycles. The van der Waals surface area contributed by atoms with E-state index in [4.69, 9.17) is 9.47 Å². The highest BCUT2D eigenvalue weighted by molar-refractivity contribution is 9.09. The quantitative estimate of drug-likeness (QED) is 0.168. The summed E-state index contributed by atoms with van der Waals surface area (Å²) in [5.74, 6) is -3.53. The number of aliphatic hydroxyl groups excluding tert-OH is 1. The number of hydrogen-bond donors (Lipinski definition) is 1. The summed E-state index contributed by atoms with van der Waals surface area (Å²) in [5.41, 5.74) is 0.294. The highest BCUT2D eigenvalue weighted by Crippen LogP contribution is 2.60. The average molecular weight is 723 g/mol. The average Bonchev–Trinajstić information content (AvgIpc) is 3.69. The number of allylic oxidation sites excluding steroid dienone is 1. The molecule has 3 amide bonds. The van der Waals surface area contributed by atoms with E-state index >= 15 is 0 Å². The van der Waals surface area contributed by atoms with E-state index < -0.39 is 53.6 Å². The molecule has 3 aliphatic heterocycles. The molecule has 256 valence electrons. The number of hydrogen-bond acceptors (Lipinski definition) is 7. The van der Waals surface area contributed by atoms with Gasteiger partial charge < -0.3 is 29.3 Å². The second-order valence-electron chi connectivity index (χ2n) is 12.8. The number of nitrogens with zero attached hydrogens (tertiary/aromatic N) is 3. The van der Waals surface area contributed by atoms with Gasteiger partial charge >= 0.3 is 5.97 Å². The molecule has 8 atom stereocenters. The van der Waals surface area contributed by atoms with Gasteiger partial charge in [-0.05, 0) is 30.9 Å². The number of benzene rings is 2. The number of β-amino-alcohol motifs (C(OH)–C–C–N with tert-alkyl or cyclic N) is 1. The SMILES string of the molecule is C=CCCC(=O)N(C)[C@H](C)[C@H](OC(=O)[C@@H]1[C@H]2O[C@@]3(CC2Br)[C@H](C(=O)N(CC=C)Cc2ccccc2)N(CCO)C(=O)[C@@H]13)c1ccccc1. The first-order valence-electron chi connectivity index (χ1n) is 16.4. The lowest BCUT2D eigenvalue weighted by Crippen LogP contribution is -2.56. The highest BCUT2D eigenvalue weighted by atomic mass is 79.9. The van der Waals surface area contributed by atoms with Gasteiger partial charge in [0.15, 0.2) is 0 Å². The molecule has 3 fully saturated rings. The van der Waals surface area contributed by atoms with Crippen molar-refractivity contribution in [3.63, 3.8) is 0 Å². The largest absolute Gasteiger partial charge is 0.455 e. The van der Waals surface area contributed by atoms with Crippen molar-refractivity contribution in [3.8, 4) is 0 Å². The van der Waals surface area contributed by atoms with Gasteiger partial charge in [0.2, 0.25) is 17.7 Å². The van der Waals surface area contributed by atoms with E-state index in [1.54, 1.807) is 29.0 Å². The van der Waals surface area contributed by atoms with Gasteiger partial charge in [-0.15, -0.1) is 13.2 Å². The van der Waals surface area contributed by atoms with Crippen LogP contribution >= 0.6 is 15.9 Å². The Morgan fingerprint density at radius 3 is 2.42 bits per heavy atom. The lowest BCUT2D eigenvalue weighted by molar-refractivity contribution is -0.164. The molecule has 0 aromatic heterocycles. The second kappa shape index (κ2) is 15.2. The van der Waals surface area contributed by atoms with E-state index in [1.807, 2.05) is 67.6 Å². The molecule has 2 aromatic carbocycles. The molecule has 0 aliphatic carbocycles. The van der Waals surface area contributed by atoms with Crippen molar-refractivity contribution < 1.29 is 33.8 Å². The molecule has 1 spiro atoms. The number of carbonyl (C=O) groups excluding carboxylic acids is 4. The van der Waals surface area contributed by atoms with Crippen LogP contribution in [-0.4, -0.2) is 98.9 Å². The molecule has 3 aliphatic rings. The number of halogens is 1. The van der Waals surface area contributed by atoms with Crippen molar-refractivity contribution in [1.82, 2.24) is 14.7 Å². The zero-order valence-corrected chi connectivity index (χ0v) is 29.0. The fourth-order valence-electron chi connectivity index (χ4n) is 7.51. The lowest BCUT2D eigenvalue weighted by atomic mass is 9.70. The third kappa shape index (κ3) is 6.60. The molecular formula is C37H44BrN3O7. The van der Waals surface area contributed by atoms with Crippen molar-refractivity contribution in [2.45, 2.75) is 67.5 Å². The summed E-state index contributed by atoms with van der Waals surface area (Å²) in [6, 6.07) is 17.1. The van der Waals surface area contributed by atoms with E-state index in [9.17, 15) is 24.3 Å². The van der Waals surface area contributed by atoms with Crippen LogP contribution in [0.4, 0.5) is 0 Å². The van der Waals surface area contributed by atoms with Crippen LogP contribution in [0.15, 0.2) is 86.0 Å². The smallest absolute Gasteiger partial charge is 0.313 e. The summed E-state index contributed by atoms with van der Waals surface area (Å²) in [4.78, 5) is 60.4. The van der Waals surface area contributed by atoms with Gasteiger partial charge in [-0.3, -0.25) is 19.2 Å². The van der Waals surface area contributed by atoms with Crippen LogP contribution < -0.4 is 0 Å². The predicted molar refractivity (Wildman–Crippen MR) is 183 cm³/mol. The Balaban J connectivity index is 1.47. The summed E-state index contributed by atoms with van der Waals surface area (Å²) in [6.45, 7) is 9.42. The molecule has 2 aromatic rings. The van der Waals surface area contributed by atoms with Crippen molar-refractivity contribution in [2.24, 2.45) is 11.8 Å². The number of likely N-dealkylation sites (tertiary alicyclic amines) is 1. The van der Waals surface area contributed by atoms with Crippen LogP contribution in [0.25, 0.3) is 0 Å². The van der Waals surface area contributed by atoms with E-state index in [0.29, 0.717) is 18.4 Å². The third-order valence-corrected chi connectivity index (χ3v) is 10.7. The fraction of sp³-hybridized carbons (Fsp3) is 0.459. The number of ether oxygens (including phenoxy) is 2. The Morgan fingerprint density at radius 1 is 1.12 bits per heavy atom. The molecule has 3 saturated heterocycles. The van der Waals surface area contributed by atoms with Crippen LogP contribution in [0, 0.1) is 11.8 Å². The van der Waals surface area contributed by atoms with Gasteiger partial charge in [-0.1, -0.05) is 88.7 Å². The van der Waals surface area contributed by atoms with Crippen molar-refractivity contribution in [2.75, 3.05) is 26.7 Å². The number of esters is 1. The fourth-order valence-corrected chi connectivity index (χ4v) is 8.46. The van der Waals surface area contributed by atoms with Gasteiger partial charge in [-0.2, -0.15) is 0 Å². The summed E-state index contributed by atoms with van der Waals surface area (Å²) in [5, 5.41) is 10.0. The van der Waals surface area contributed by atoms with Gasteiger partial charge in [0.05, 0.1) is 30.6 Å². The topological polar surface area (TPSA) is 117 Å². The highest BCUT2D eigenvalue weighted by Gasteiger charge is 2.77. The van der Waals surface area contributed by atoms with Crippen molar-refractivity contribution in [3.05, 3.63) is 97.1 Å². The zero-order valence-electron chi connectivity index (χ0n) is 27.4. The minimum absolute atomic E-state index is 0.0925. The Kier molecular flexibility index (Phi) is 11.2. The Hall–Kier alpha value is -3.80. The standard InChI is InChI=1S/C37H44BrN3O7/c1-5-7-18-28(43)39(4)24(3)31(26-16-12-9-13-17-26)47-36(46)29-30-34(44)41(20-21-42)33(37(30)22-27(38)32(29)48-37)35(45)40(19-6-2)23-25-14-10-8-11-15-25/h5-6,8-17,24,27,29-33,42H,1-2,7,18-23H2,3-4H3/t24-,27?,29+,30-,31+,32+,33+,37-/m1/s1. The number of amides is 3. The summed E-state index contributed by atoms with van der Waals surface area (Å²) in [7, 11) is 1.68. The number of rotatable bonds is 15.